The lowest BCUT2D eigenvalue weighted by molar-refractivity contribution is -0.129. The largest absolute Gasteiger partial charge is 0.332 e. The molecule has 39 heavy (non-hydrogen) atoms. The molecule has 1 fully saturated rings. The Morgan fingerprint density at radius 3 is 0.769 bits per heavy atom. The number of carbonyl (C=O) groups is 6. The van der Waals surface area contributed by atoms with Gasteiger partial charge in [0.05, 0.1) is 0 Å². The molecule has 0 unspecified atom stereocenters. The van der Waals surface area contributed by atoms with E-state index in [1.165, 1.54) is 51.1 Å². The Hall–Kier alpha value is -4.92. The molecule has 3 aromatic carbocycles. The first-order valence-corrected chi connectivity index (χ1v) is 12.5. The van der Waals surface area contributed by atoms with E-state index in [0.717, 1.165) is 0 Å². The van der Waals surface area contributed by atoms with Crippen LogP contribution in [0.15, 0.2) is 91.0 Å². The zero-order valence-electron chi connectivity index (χ0n) is 21.2. The fraction of sp³-hybridized carbons (Fsp3) is 0.200. The highest BCUT2D eigenvalue weighted by molar-refractivity contribution is 6.44. The first-order chi connectivity index (χ1) is 18.9. The summed E-state index contributed by atoms with van der Waals surface area (Å²) in [5, 5.41) is 0. The van der Waals surface area contributed by atoms with E-state index in [4.69, 9.17) is 0 Å². The molecule has 198 valence electrons. The lowest BCUT2D eigenvalue weighted by atomic mass is 10.1. The van der Waals surface area contributed by atoms with E-state index in [0.29, 0.717) is 0 Å². The van der Waals surface area contributed by atoms with E-state index >= 15 is 0 Å². The molecule has 1 heterocycles. The van der Waals surface area contributed by atoms with Gasteiger partial charge in [0.15, 0.2) is 0 Å². The van der Waals surface area contributed by atoms with E-state index in [1.54, 1.807) is 54.6 Å². The third-order valence-corrected chi connectivity index (χ3v) is 6.47. The summed E-state index contributed by atoms with van der Waals surface area (Å²) in [7, 11) is 0. The van der Waals surface area contributed by atoms with Crippen LogP contribution in [-0.2, 0) is 14.4 Å². The van der Waals surface area contributed by atoms with Crippen LogP contribution in [0.5, 0.6) is 0 Å². The Labute approximate surface area is 225 Å². The number of rotatable bonds is 6. The number of ketones is 3. The summed E-state index contributed by atoms with van der Waals surface area (Å²) >= 11 is 0. The van der Waals surface area contributed by atoms with Crippen molar-refractivity contribution in [3.63, 3.8) is 0 Å². The van der Waals surface area contributed by atoms with Crippen molar-refractivity contribution in [1.29, 1.82) is 0 Å². The van der Waals surface area contributed by atoms with Crippen molar-refractivity contribution >= 4 is 35.1 Å². The van der Waals surface area contributed by atoms with Gasteiger partial charge in [-0.25, -0.2) is 0 Å². The van der Waals surface area contributed by atoms with Crippen molar-refractivity contribution in [2.45, 2.75) is 0 Å². The minimum atomic E-state index is -0.799. The highest BCUT2D eigenvalue weighted by Crippen LogP contribution is 2.11. The third-order valence-electron chi connectivity index (χ3n) is 6.47. The second kappa shape index (κ2) is 12.6. The molecule has 3 amide bonds. The van der Waals surface area contributed by atoms with Gasteiger partial charge in [-0.05, 0) is 0 Å². The number of hydrogen-bond acceptors (Lipinski definition) is 6. The first kappa shape index (κ1) is 27.1. The lowest BCUT2D eigenvalue weighted by Gasteiger charge is -2.25. The molecule has 4 rings (SSSR count). The van der Waals surface area contributed by atoms with Crippen molar-refractivity contribution in [3.8, 4) is 0 Å². The average Bonchev–Trinajstić information content (AvgIpc) is 3.11. The molecule has 0 spiro atoms. The highest BCUT2D eigenvalue weighted by Gasteiger charge is 2.31. The molecule has 9 heteroatoms. The Bertz CT molecular complexity index is 1190. The summed E-state index contributed by atoms with van der Waals surface area (Å²) in [6.45, 7) is -0.167. The smallest absolute Gasteiger partial charge is 0.295 e. The second-order valence-corrected chi connectivity index (χ2v) is 8.96. The van der Waals surface area contributed by atoms with E-state index in [2.05, 4.69) is 0 Å². The molecule has 0 bridgehead atoms. The predicted molar refractivity (Wildman–Crippen MR) is 142 cm³/mol. The van der Waals surface area contributed by atoms with Gasteiger partial charge in [0, 0.05) is 56.0 Å². The molecule has 0 atom stereocenters. The molecule has 1 aliphatic heterocycles. The van der Waals surface area contributed by atoms with Crippen LogP contribution in [0.25, 0.3) is 0 Å². The van der Waals surface area contributed by atoms with Crippen molar-refractivity contribution < 1.29 is 28.8 Å². The van der Waals surface area contributed by atoms with Gasteiger partial charge in [-0.3, -0.25) is 28.8 Å². The molecule has 0 aromatic heterocycles. The maximum Gasteiger partial charge on any atom is 0.295 e. The van der Waals surface area contributed by atoms with E-state index < -0.39 is 35.1 Å². The van der Waals surface area contributed by atoms with E-state index in [9.17, 15) is 28.8 Å². The standard InChI is InChI=1S/C30H27N3O6/c34-25(22-10-4-1-5-11-22)28(37)31-16-18-32(29(38)26(35)23-12-6-2-7-13-23)20-21-33(19-17-31)30(39)27(36)24-14-8-3-9-15-24/h1-15H,16-21H2. The van der Waals surface area contributed by atoms with Crippen LogP contribution in [0.2, 0.25) is 0 Å². The van der Waals surface area contributed by atoms with Crippen LogP contribution in [0.3, 0.4) is 0 Å². The van der Waals surface area contributed by atoms with Gasteiger partial charge in [0.2, 0.25) is 17.3 Å². The van der Waals surface area contributed by atoms with E-state index in [1.807, 2.05) is 0 Å². The maximum atomic E-state index is 13.2. The number of benzene rings is 3. The van der Waals surface area contributed by atoms with Gasteiger partial charge >= 0.3 is 0 Å². The van der Waals surface area contributed by atoms with Gasteiger partial charge in [0.25, 0.3) is 17.7 Å². The van der Waals surface area contributed by atoms with Crippen molar-refractivity contribution in [1.82, 2.24) is 14.7 Å². The molecule has 0 N–H and O–H groups in total. The van der Waals surface area contributed by atoms with Gasteiger partial charge in [0.1, 0.15) is 0 Å². The molecular weight excluding hydrogens is 498 g/mol. The van der Waals surface area contributed by atoms with Crippen LogP contribution < -0.4 is 0 Å². The van der Waals surface area contributed by atoms with Crippen LogP contribution in [0.1, 0.15) is 31.1 Å². The summed E-state index contributed by atoms with van der Waals surface area (Å²) in [4.78, 5) is 81.9. The van der Waals surface area contributed by atoms with Gasteiger partial charge in [-0.2, -0.15) is 0 Å². The zero-order valence-corrected chi connectivity index (χ0v) is 21.2. The van der Waals surface area contributed by atoms with Crippen molar-refractivity contribution in [2.24, 2.45) is 0 Å². The predicted octanol–water partition coefficient (Wildman–Crippen LogP) is 2.13. The third kappa shape index (κ3) is 6.51. The first-order valence-electron chi connectivity index (χ1n) is 12.5. The Morgan fingerprint density at radius 1 is 0.359 bits per heavy atom. The SMILES string of the molecule is O=C(C(=O)N1CCN(C(=O)C(=O)c2ccccc2)CCN(C(=O)C(=O)c2ccccc2)CC1)c1ccccc1. The quantitative estimate of drug-likeness (QED) is 0.360. The minimum Gasteiger partial charge on any atom is -0.332 e. The second-order valence-electron chi connectivity index (χ2n) is 8.96. The maximum absolute atomic E-state index is 13.2. The molecule has 0 aliphatic carbocycles. The fourth-order valence-electron chi connectivity index (χ4n) is 4.24. The summed E-state index contributed by atoms with van der Waals surface area (Å²) in [5.74, 6) is -4.59. The normalized spacial score (nSPS) is 14.0. The fourth-order valence-corrected chi connectivity index (χ4v) is 4.24. The number of amides is 3. The molecular formula is C30H27N3O6. The summed E-state index contributed by atoms with van der Waals surface area (Å²) in [5.41, 5.74) is 0.630. The number of Topliss-reactive ketones (excluding diaryl/α,β-unsaturated/α-hetero) is 3. The Morgan fingerprint density at radius 2 is 0.564 bits per heavy atom. The van der Waals surface area contributed by atoms with Gasteiger partial charge < -0.3 is 14.7 Å². The molecule has 1 aliphatic rings. The minimum absolute atomic E-state index is 0.0279. The van der Waals surface area contributed by atoms with Gasteiger partial charge in [-0.15, -0.1) is 0 Å². The van der Waals surface area contributed by atoms with Crippen molar-refractivity contribution in [2.75, 3.05) is 39.3 Å². The molecule has 3 aromatic rings. The van der Waals surface area contributed by atoms with Crippen LogP contribution in [0, 0.1) is 0 Å². The Balaban J connectivity index is 1.58. The number of carbonyl (C=O) groups excluding carboxylic acids is 6. The highest BCUT2D eigenvalue weighted by atomic mass is 16.2. The van der Waals surface area contributed by atoms with E-state index in [-0.39, 0.29) is 56.0 Å². The molecule has 9 nitrogen and oxygen atoms in total. The monoisotopic (exact) mass is 525 g/mol. The molecule has 1 saturated heterocycles. The number of nitrogens with zero attached hydrogens (tertiary/aromatic N) is 3. The van der Waals surface area contributed by atoms with Crippen LogP contribution in [-0.4, -0.2) is 89.0 Å². The van der Waals surface area contributed by atoms with Gasteiger partial charge in [-0.1, -0.05) is 91.0 Å². The lowest BCUT2D eigenvalue weighted by Crippen LogP contribution is -2.45. The van der Waals surface area contributed by atoms with Crippen LogP contribution >= 0.6 is 0 Å². The summed E-state index contributed by atoms with van der Waals surface area (Å²) in [6, 6.07) is 24.2. The molecule has 0 radical (unpaired) electrons. The zero-order chi connectivity index (χ0) is 27.8. The van der Waals surface area contributed by atoms with Crippen LogP contribution in [0.4, 0.5) is 0 Å². The average molecular weight is 526 g/mol. The topological polar surface area (TPSA) is 112 Å². The number of hydrogen-bond donors (Lipinski definition) is 0. The molecule has 0 saturated carbocycles. The summed E-state index contributed by atoms with van der Waals surface area (Å²) in [6.07, 6.45) is 0. The van der Waals surface area contributed by atoms with Crippen molar-refractivity contribution in [3.05, 3.63) is 108 Å². The Kier molecular flexibility index (Phi) is 8.73. The summed E-state index contributed by atoms with van der Waals surface area (Å²) < 4.78 is 0.